The second kappa shape index (κ2) is 7.50. The fourth-order valence-electron chi connectivity index (χ4n) is 4.93. The third-order valence-corrected chi connectivity index (χ3v) is 6.08. The van der Waals surface area contributed by atoms with Gasteiger partial charge in [0.15, 0.2) is 0 Å². The van der Waals surface area contributed by atoms with E-state index in [1.807, 2.05) is 0 Å². The summed E-state index contributed by atoms with van der Waals surface area (Å²) in [5.41, 5.74) is 5.66. The summed E-state index contributed by atoms with van der Waals surface area (Å²) in [6.07, 6.45) is 4.05. The van der Waals surface area contributed by atoms with Gasteiger partial charge in [0.2, 0.25) is 0 Å². The maximum Gasteiger partial charge on any atom is 0.0547 e. The smallest absolute Gasteiger partial charge is 0.0547 e. The molecule has 0 N–H and O–H groups in total. The van der Waals surface area contributed by atoms with Gasteiger partial charge in [0.1, 0.15) is 0 Å². The zero-order valence-electron chi connectivity index (χ0n) is 16.2. The molecule has 1 aromatic heterocycles. The summed E-state index contributed by atoms with van der Waals surface area (Å²) in [5, 5.41) is 0. The zero-order chi connectivity index (χ0) is 18.0. The predicted octanol–water partition coefficient (Wildman–Crippen LogP) is 4.19. The Morgan fingerprint density at radius 2 is 1.73 bits per heavy atom. The van der Waals surface area contributed by atoms with Gasteiger partial charge in [-0.15, -0.1) is 0 Å². The molecule has 2 fully saturated rings. The minimum atomic E-state index is 0.492. The Labute approximate surface area is 158 Å². The van der Waals surface area contributed by atoms with Crippen molar-refractivity contribution in [2.45, 2.75) is 46.2 Å². The molecule has 0 saturated carbocycles. The van der Waals surface area contributed by atoms with E-state index >= 15 is 0 Å². The summed E-state index contributed by atoms with van der Waals surface area (Å²) in [4.78, 5) is 10.0. The van der Waals surface area contributed by atoms with E-state index in [9.17, 15) is 0 Å². The van der Waals surface area contributed by atoms with Crippen LogP contribution in [0.5, 0.6) is 0 Å². The van der Waals surface area contributed by atoms with Crippen LogP contribution in [-0.4, -0.2) is 41.0 Å². The molecule has 2 aliphatic rings. The summed E-state index contributed by atoms with van der Waals surface area (Å²) < 4.78 is 0. The van der Waals surface area contributed by atoms with Crippen LogP contribution in [0.3, 0.4) is 0 Å². The molecule has 2 saturated heterocycles. The molecular weight excluding hydrogens is 318 g/mol. The number of rotatable bonds is 4. The van der Waals surface area contributed by atoms with Crippen molar-refractivity contribution in [1.82, 2.24) is 14.8 Å². The summed E-state index contributed by atoms with van der Waals surface area (Å²) in [6.45, 7) is 11.3. The van der Waals surface area contributed by atoms with Crippen LogP contribution >= 0.6 is 0 Å². The Balaban J connectivity index is 1.38. The Morgan fingerprint density at radius 1 is 0.923 bits per heavy atom. The number of pyridine rings is 1. The molecule has 3 heterocycles. The van der Waals surface area contributed by atoms with Gasteiger partial charge in [-0.05, 0) is 69.3 Å². The van der Waals surface area contributed by atoms with Crippen LogP contribution in [0.25, 0.3) is 0 Å². The fraction of sp³-hybridized carbons (Fsp3) is 0.522. The van der Waals surface area contributed by atoms with E-state index < -0.39 is 0 Å². The number of hydrogen-bond donors (Lipinski definition) is 0. The van der Waals surface area contributed by atoms with E-state index in [1.54, 1.807) is 0 Å². The van der Waals surface area contributed by atoms with E-state index in [0.717, 1.165) is 18.8 Å². The molecule has 0 aliphatic carbocycles. The Kier molecular flexibility index (Phi) is 5.10. The number of likely N-dealkylation sites (tertiary alicyclic amines) is 2. The average Bonchev–Trinajstić information content (AvgIpc) is 2.97. The van der Waals surface area contributed by atoms with Gasteiger partial charge >= 0.3 is 0 Å². The molecule has 4 rings (SSSR count). The highest BCUT2D eigenvalue weighted by Gasteiger charge is 2.41. The Hall–Kier alpha value is -1.71. The van der Waals surface area contributed by atoms with Gasteiger partial charge in [0.05, 0.1) is 5.69 Å². The van der Waals surface area contributed by atoms with Gasteiger partial charge in [-0.1, -0.05) is 35.9 Å². The van der Waals surface area contributed by atoms with Crippen molar-refractivity contribution >= 4 is 0 Å². The lowest BCUT2D eigenvalue weighted by molar-refractivity contribution is 0.0857. The molecule has 2 aliphatic heterocycles. The van der Waals surface area contributed by atoms with E-state index in [1.165, 1.54) is 62.3 Å². The molecule has 3 nitrogen and oxygen atoms in total. The number of aryl methyl sites for hydroxylation is 2. The van der Waals surface area contributed by atoms with E-state index in [-0.39, 0.29) is 0 Å². The minimum Gasteiger partial charge on any atom is -0.298 e. The maximum atomic E-state index is 4.71. The number of nitrogens with zero attached hydrogens (tertiary/aromatic N) is 3. The van der Waals surface area contributed by atoms with Crippen molar-refractivity contribution in [3.05, 3.63) is 65.0 Å². The molecule has 0 unspecified atom stereocenters. The summed E-state index contributed by atoms with van der Waals surface area (Å²) in [6, 6.07) is 15.4. The maximum absolute atomic E-state index is 4.71. The summed E-state index contributed by atoms with van der Waals surface area (Å²) in [7, 11) is 0. The average molecular weight is 350 g/mol. The van der Waals surface area contributed by atoms with Crippen LogP contribution in [0.4, 0.5) is 0 Å². The molecule has 1 atom stereocenters. The lowest BCUT2D eigenvalue weighted by atomic mass is 9.79. The van der Waals surface area contributed by atoms with Crippen molar-refractivity contribution in [3.63, 3.8) is 0 Å². The van der Waals surface area contributed by atoms with Gasteiger partial charge in [0.25, 0.3) is 0 Å². The van der Waals surface area contributed by atoms with E-state index in [2.05, 4.69) is 66.1 Å². The van der Waals surface area contributed by atoms with Crippen molar-refractivity contribution in [2.24, 2.45) is 5.41 Å². The first-order valence-electron chi connectivity index (χ1n) is 10.0. The lowest BCUT2D eigenvalue weighted by Gasteiger charge is -2.40. The van der Waals surface area contributed by atoms with Crippen molar-refractivity contribution in [3.8, 4) is 0 Å². The van der Waals surface area contributed by atoms with Gasteiger partial charge in [0, 0.05) is 31.9 Å². The van der Waals surface area contributed by atoms with Crippen LogP contribution in [0.15, 0.2) is 42.5 Å². The van der Waals surface area contributed by atoms with Crippen molar-refractivity contribution in [2.75, 3.05) is 26.2 Å². The van der Waals surface area contributed by atoms with Crippen LogP contribution < -0.4 is 0 Å². The lowest BCUT2D eigenvalue weighted by Crippen LogP contribution is -2.44. The predicted molar refractivity (Wildman–Crippen MR) is 107 cm³/mol. The third-order valence-electron chi connectivity index (χ3n) is 6.08. The molecule has 26 heavy (non-hydrogen) atoms. The van der Waals surface area contributed by atoms with Crippen LogP contribution in [0.1, 0.15) is 41.8 Å². The second-order valence-electron chi connectivity index (χ2n) is 8.53. The number of hydrogen-bond acceptors (Lipinski definition) is 3. The van der Waals surface area contributed by atoms with Gasteiger partial charge in [-0.3, -0.25) is 14.8 Å². The minimum absolute atomic E-state index is 0.492. The fourth-order valence-corrected chi connectivity index (χ4v) is 4.93. The quantitative estimate of drug-likeness (QED) is 0.825. The van der Waals surface area contributed by atoms with E-state index in [0.29, 0.717) is 5.41 Å². The highest BCUT2D eigenvalue weighted by molar-refractivity contribution is 5.22. The SMILES string of the molecule is Cc1cccc(CN2CC[C@@]3(CCCN(Cc4cccc(C)n4)C3)C2)c1. The van der Waals surface area contributed by atoms with E-state index in [4.69, 9.17) is 4.98 Å². The molecular formula is C23H31N3. The van der Waals surface area contributed by atoms with Crippen LogP contribution in [0.2, 0.25) is 0 Å². The van der Waals surface area contributed by atoms with Crippen molar-refractivity contribution < 1.29 is 0 Å². The zero-order valence-corrected chi connectivity index (χ0v) is 16.2. The number of piperidine rings is 1. The van der Waals surface area contributed by atoms with Gasteiger partial charge in [-0.2, -0.15) is 0 Å². The van der Waals surface area contributed by atoms with Crippen molar-refractivity contribution in [1.29, 1.82) is 0 Å². The molecule has 0 bridgehead atoms. The summed E-state index contributed by atoms with van der Waals surface area (Å²) in [5.74, 6) is 0. The Morgan fingerprint density at radius 3 is 2.54 bits per heavy atom. The monoisotopic (exact) mass is 349 g/mol. The molecule has 1 spiro atoms. The van der Waals surface area contributed by atoms with Crippen LogP contribution in [-0.2, 0) is 13.1 Å². The summed E-state index contributed by atoms with van der Waals surface area (Å²) >= 11 is 0. The molecule has 138 valence electrons. The number of benzene rings is 1. The van der Waals surface area contributed by atoms with Gasteiger partial charge in [-0.25, -0.2) is 0 Å². The topological polar surface area (TPSA) is 19.4 Å². The molecule has 0 radical (unpaired) electrons. The highest BCUT2D eigenvalue weighted by Crippen LogP contribution is 2.39. The Bertz CT molecular complexity index is 757. The first-order chi connectivity index (χ1) is 12.6. The first-order valence-corrected chi connectivity index (χ1v) is 10.0. The molecule has 2 aromatic rings. The highest BCUT2D eigenvalue weighted by atomic mass is 15.2. The second-order valence-corrected chi connectivity index (χ2v) is 8.53. The first kappa shape index (κ1) is 17.7. The normalized spacial score (nSPS) is 24.4. The van der Waals surface area contributed by atoms with Gasteiger partial charge < -0.3 is 0 Å². The number of aromatic nitrogens is 1. The van der Waals surface area contributed by atoms with Crippen LogP contribution in [0, 0.1) is 19.3 Å². The molecule has 0 amide bonds. The molecule has 3 heteroatoms. The third kappa shape index (κ3) is 4.16. The molecule has 1 aromatic carbocycles. The largest absolute Gasteiger partial charge is 0.298 e. The standard InChI is InChI=1S/C23H31N3/c1-19-6-3-8-21(14-19)15-26-13-11-23(18-26)10-5-12-25(17-23)16-22-9-4-7-20(2)24-22/h3-4,6-9,14H,5,10-13,15-18H2,1-2H3/t23-/m1/s1.